The Bertz CT molecular complexity index is 677. The molecule has 0 aliphatic rings. The molecule has 0 saturated carbocycles. The second kappa shape index (κ2) is 5.74. The van der Waals surface area contributed by atoms with E-state index < -0.39 is 0 Å². The maximum Gasteiger partial charge on any atom is 0.267 e. The zero-order valence-corrected chi connectivity index (χ0v) is 14.7. The van der Waals surface area contributed by atoms with Crippen molar-refractivity contribution in [3.05, 3.63) is 41.8 Å². The first-order chi connectivity index (χ1) is 8.95. The van der Waals surface area contributed by atoms with E-state index in [-0.39, 0.29) is 5.56 Å². The van der Waals surface area contributed by atoms with Gasteiger partial charge in [-0.25, -0.2) is 4.98 Å². The second-order valence-corrected chi connectivity index (χ2v) is 6.18. The second-order valence-electron chi connectivity index (χ2n) is 4.23. The first kappa shape index (κ1) is 14.7. The molecule has 0 unspecified atom stereocenters. The first-order valence-corrected chi connectivity index (χ1v) is 7.75. The quantitative estimate of drug-likeness (QED) is 0.693. The van der Waals surface area contributed by atoms with Crippen LogP contribution in [0.3, 0.4) is 0 Å². The highest BCUT2D eigenvalue weighted by molar-refractivity contribution is 14.1. The minimum atomic E-state index is -0.0146. The van der Waals surface area contributed by atoms with Crippen LogP contribution in [0.1, 0.15) is 24.1 Å². The molecule has 19 heavy (non-hydrogen) atoms. The van der Waals surface area contributed by atoms with E-state index in [0.717, 1.165) is 22.3 Å². The van der Waals surface area contributed by atoms with Gasteiger partial charge in [-0.2, -0.15) is 5.10 Å². The molecule has 102 valence electrons. The van der Waals surface area contributed by atoms with Gasteiger partial charge >= 0.3 is 0 Å². The number of hydrogen-bond acceptors (Lipinski definition) is 3. The van der Waals surface area contributed by atoms with Crippen LogP contribution in [-0.2, 0) is 20.0 Å². The zero-order valence-electron chi connectivity index (χ0n) is 10.9. The monoisotopic (exact) mass is 436 g/mol. The molecule has 2 aromatic rings. The summed E-state index contributed by atoms with van der Waals surface area (Å²) in [5.74, 6) is 0.705. The number of rotatable bonds is 3. The Balaban J connectivity index is 2.51. The van der Waals surface area contributed by atoms with Gasteiger partial charge in [0, 0.05) is 13.2 Å². The van der Waals surface area contributed by atoms with Gasteiger partial charge in [0.1, 0.15) is 5.82 Å². The topological polar surface area (TPSA) is 52.7 Å². The molecule has 5 nitrogen and oxygen atoms in total. The molecule has 0 spiro atoms. The molecule has 0 aliphatic carbocycles. The maximum atomic E-state index is 12.2. The summed E-state index contributed by atoms with van der Waals surface area (Å²) in [6, 6.07) is 0. The predicted molar refractivity (Wildman–Crippen MR) is 85.3 cm³/mol. The van der Waals surface area contributed by atoms with Crippen molar-refractivity contribution in [3.8, 4) is 0 Å². The van der Waals surface area contributed by atoms with E-state index in [4.69, 9.17) is 0 Å². The molecule has 2 aromatic heterocycles. The summed E-state index contributed by atoms with van der Waals surface area (Å²) in [5.41, 5.74) is 1.96. The molecular weight excluding hydrogens is 423 g/mol. The third-order valence-electron chi connectivity index (χ3n) is 3.02. The van der Waals surface area contributed by atoms with Crippen molar-refractivity contribution in [2.45, 2.75) is 26.8 Å². The van der Waals surface area contributed by atoms with E-state index in [1.54, 1.807) is 10.8 Å². The maximum absolute atomic E-state index is 12.2. The minimum Gasteiger partial charge on any atom is -0.290 e. The van der Waals surface area contributed by atoms with Gasteiger partial charge in [-0.1, -0.05) is 6.92 Å². The molecule has 7 heteroatoms. The van der Waals surface area contributed by atoms with E-state index >= 15 is 0 Å². The smallest absolute Gasteiger partial charge is 0.267 e. The van der Waals surface area contributed by atoms with E-state index in [9.17, 15) is 4.79 Å². The molecule has 2 heterocycles. The summed E-state index contributed by atoms with van der Waals surface area (Å²) < 4.78 is 5.08. The van der Waals surface area contributed by atoms with Gasteiger partial charge in [0.05, 0.1) is 26.0 Å². The zero-order chi connectivity index (χ0) is 14.2. The summed E-state index contributed by atoms with van der Waals surface area (Å²) >= 11 is 5.58. The Labute approximate surface area is 133 Å². The Kier molecular flexibility index (Phi) is 4.44. The lowest BCUT2D eigenvalue weighted by atomic mass is 10.3. The Morgan fingerprint density at radius 2 is 2.16 bits per heavy atom. The fourth-order valence-electron chi connectivity index (χ4n) is 1.88. The highest BCUT2D eigenvalue weighted by Crippen LogP contribution is 2.22. The van der Waals surface area contributed by atoms with E-state index in [2.05, 4.69) is 32.9 Å². The van der Waals surface area contributed by atoms with Crippen LogP contribution < -0.4 is 5.56 Å². The summed E-state index contributed by atoms with van der Waals surface area (Å²) in [6.07, 6.45) is 2.46. The number of aryl methyl sites for hydroxylation is 3. The largest absolute Gasteiger partial charge is 0.290 e. The molecule has 0 aromatic carbocycles. The summed E-state index contributed by atoms with van der Waals surface area (Å²) in [4.78, 5) is 16.4. The molecule has 0 radical (unpaired) electrons. The van der Waals surface area contributed by atoms with Gasteiger partial charge in [-0.3, -0.25) is 14.0 Å². The van der Waals surface area contributed by atoms with E-state index in [0.29, 0.717) is 15.9 Å². The molecule has 0 amide bonds. The van der Waals surface area contributed by atoms with Crippen molar-refractivity contribution in [2.75, 3.05) is 0 Å². The summed E-state index contributed by atoms with van der Waals surface area (Å²) in [5, 5.41) is 4.44. The number of aromatic nitrogens is 4. The lowest BCUT2D eigenvalue weighted by Gasteiger charge is -2.10. The molecule has 0 N–H and O–H groups in total. The van der Waals surface area contributed by atoms with Crippen LogP contribution in [-0.4, -0.2) is 19.3 Å². The molecule has 0 saturated heterocycles. The van der Waals surface area contributed by atoms with E-state index in [1.807, 2.05) is 41.2 Å². The molecule has 0 aliphatic heterocycles. The van der Waals surface area contributed by atoms with Crippen molar-refractivity contribution in [1.82, 2.24) is 19.3 Å². The summed E-state index contributed by atoms with van der Waals surface area (Å²) in [6.45, 7) is 4.36. The molecular formula is C12H14BrIN4O. The SMILES string of the molecule is CCc1nn(C)c(Cn2c(C)ncc(I)c2=O)c1Br. The van der Waals surface area contributed by atoms with Gasteiger partial charge in [0.15, 0.2) is 0 Å². The lowest BCUT2D eigenvalue weighted by molar-refractivity contribution is 0.624. The number of hydrogen-bond donors (Lipinski definition) is 0. The van der Waals surface area contributed by atoms with Gasteiger partial charge in [-0.15, -0.1) is 0 Å². The summed E-state index contributed by atoms with van der Waals surface area (Å²) in [7, 11) is 1.89. The van der Waals surface area contributed by atoms with Gasteiger partial charge in [-0.05, 0) is 51.9 Å². The highest BCUT2D eigenvalue weighted by atomic mass is 127. The van der Waals surface area contributed by atoms with E-state index in [1.165, 1.54) is 0 Å². The van der Waals surface area contributed by atoms with Crippen molar-refractivity contribution in [1.29, 1.82) is 0 Å². The fraction of sp³-hybridized carbons (Fsp3) is 0.417. The van der Waals surface area contributed by atoms with Crippen molar-refractivity contribution in [2.24, 2.45) is 7.05 Å². The van der Waals surface area contributed by atoms with Crippen molar-refractivity contribution < 1.29 is 0 Å². The van der Waals surface area contributed by atoms with Crippen LogP contribution >= 0.6 is 38.5 Å². The fourth-order valence-corrected chi connectivity index (χ4v) is 3.05. The van der Waals surface area contributed by atoms with Gasteiger partial charge < -0.3 is 0 Å². The standard InChI is InChI=1S/C12H14BrIN4O/c1-4-9-11(13)10(17(3)16-9)6-18-7(2)15-5-8(14)12(18)19/h5H,4,6H2,1-3H3. The third kappa shape index (κ3) is 2.76. The lowest BCUT2D eigenvalue weighted by Crippen LogP contribution is -2.27. The normalized spacial score (nSPS) is 11.0. The van der Waals surface area contributed by atoms with Crippen LogP contribution in [0.15, 0.2) is 15.5 Å². The number of nitrogens with zero attached hydrogens (tertiary/aromatic N) is 4. The Morgan fingerprint density at radius 1 is 1.47 bits per heavy atom. The van der Waals surface area contributed by atoms with Crippen LogP contribution in [0, 0.1) is 10.5 Å². The van der Waals surface area contributed by atoms with Gasteiger partial charge in [0.25, 0.3) is 5.56 Å². The molecule has 0 fully saturated rings. The predicted octanol–water partition coefficient (Wildman–Crippen LogP) is 2.26. The van der Waals surface area contributed by atoms with Crippen LogP contribution in [0.2, 0.25) is 0 Å². The first-order valence-electron chi connectivity index (χ1n) is 5.87. The Morgan fingerprint density at radius 3 is 2.74 bits per heavy atom. The minimum absolute atomic E-state index is 0.0146. The Hall–Kier alpha value is -0.700. The third-order valence-corrected chi connectivity index (χ3v) is 4.67. The van der Waals surface area contributed by atoms with Gasteiger partial charge in [0.2, 0.25) is 0 Å². The molecule has 0 bridgehead atoms. The van der Waals surface area contributed by atoms with Crippen molar-refractivity contribution in [3.63, 3.8) is 0 Å². The number of halogens is 2. The average Bonchev–Trinajstić information content (AvgIpc) is 2.65. The molecule has 2 rings (SSSR count). The van der Waals surface area contributed by atoms with Crippen LogP contribution in [0.5, 0.6) is 0 Å². The van der Waals surface area contributed by atoms with Crippen LogP contribution in [0.25, 0.3) is 0 Å². The van der Waals surface area contributed by atoms with Crippen LogP contribution in [0.4, 0.5) is 0 Å². The van der Waals surface area contributed by atoms with Crippen molar-refractivity contribution >= 4 is 38.5 Å². The molecule has 0 atom stereocenters. The average molecular weight is 437 g/mol. The highest BCUT2D eigenvalue weighted by Gasteiger charge is 2.15.